The Balaban J connectivity index is 2.12. The van der Waals surface area contributed by atoms with Crippen molar-refractivity contribution in [2.24, 2.45) is 0 Å². The van der Waals surface area contributed by atoms with Gasteiger partial charge in [-0.2, -0.15) is 0 Å². The Kier molecular flexibility index (Phi) is 36.2. The zero-order valence-corrected chi connectivity index (χ0v) is 42.1. The fraction of sp³-hybridized carbons (Fsp3) is 0.724. The Morgan fingerprint density at radius 2 is 0.600 bits per heavy atom. The van der Waals surface area contributed by atoms with Gasteiger partial charge in [0.2, 0.25) is 5.75 Å². The van der Waals surface area contributed by atoms with E-state index in [0.717, 1.165) is 44.1 Å². The van der Waals surface area contributed by atoms with Crippen LogP contribution >= 0.6 is 0 Å². The highest BCUT2D eigenvalue weighted by Crippen LogP contribution is 2.40. The van der Waals surface area contributed by atoms with Crippen LogP contribution in [0.4, 0.5) is 0 Å². The number of hydrogen-bond acceptors (Lipinski definition) is 5. The summed E-state index contributed by atoms with van der Waals surface area (Å²) in [6, 6.07) is 8.13. The molecule has 0 saturated carbocycles. The van der Waals surface area contributed by atoms with E-state index in [1.807, 2.05) is 18.2 Å². The number of rotatable bonds is 46. The molecular formula is C58H96O7. The average Bonchev–Trinajstić information content (AvgIpc) is 3.30. The van der Waals surface area contributed by atoms with Crippen molar-refractivity contribution in [1.29, 1.82) is 0 Å². The Morgan fingerprint density at radius 3 is 0.877 bits per heavy atom. The molecule has 2 aromatic rings. The van der Waals surface area contributed by atoms with Gasteiger partial charge < -0.3 is 24.4 Å². The van der Waals surface area contributed by atoms with Gasteiger partial charge in [-0.25, -0.2) is 9.59 Å². The number of carboxylic acids is 2. The summed E-state index contributed by atoms with van der Waals surface area (Å²) in [6.45, 7) is 8.58. The molecular weight excluding hydrogens is 809 g/mol. The van der Waals surface area contributed by atoms with Gasteiger partial charge in [-0.15, -0.1) is 0 Å². The van der Waals surface area contributed by atoms with Crippen molar-refractivity contribution in [2.45, 2.75) is 252 Å². The highest BCUT2D eigenvalue weighted by molar-refractivity contribution is 5.95. The molecule has 0 amide bonds. The van der Waals surface area contributed by atoms with Crippen LogP contribution in [0.15, 0.2) is 30.3 Å². The highest BCUT2D eigenvalue weighted by Gasteiger charge is 2.16. The van der Waals surface area contributed by atoms with Gasteiger partial charge in [-0.1, -0.05) is 245 Å². The van der Waals surface area contributed by atoms with E-state index < -0.39 is 11.9 Å². The second-order valence-corrected chi connectivity index (χ2v) is 18.8. The molecule has 0 fully saturated rings. The molecule has 7 heteroatoms. The van der Waals surface area contributed by atoms with Gasteiger partial charge in [0.15, 0.2) is 11.5 Å². The maximum atomic E-state index is 11.8. The fourth-order valence-corrected chi connectivity index (χ4v) is 8.60. The molecule has 0 aliphatic heterocycles. The van der Waals surface area contributed by atoms with Crippen molar-refractivity contribution in [1.82, 2.24) is 0 Å². The van der Waals surface area contributed by atoms with E-state index >= 15 is 0 Å². The van der Waals surface area contributed by atoms with E-state index in [1.54, 1.807) is 6.08 Å². The maximum absolute atomic E-state index is 11.8. The predicted octanol–water partition coefficient (Wildman–Crippen LogP) is 18.5. The van der Waals surface area contributed by atoms with Crippen LogP contribution < -0.4 is 14.2 Å². The number of hydrogen-bond donors (Lipinski definition) is 2. The van der Waals surface area contributed by atoms with Crippen LogP contribution in [0.5, 0.6) is 17.2 Å². The molecule has 7 nitrogen and oxygen atoms in total. The van der Waals surface area contributed by atoms with E-state index in [-0.39, 0.29) is 11.1 Å². The summed E-state index contributed by atoms with van der Waals surface area (Å²) in [4.78, 5) is 23.7. The summed E-state index contributed by atoms with van der Waals surface area (Å²) >= 11 is 0. The minimum absolute atomic E-state index is 0.0658. The first kappa shape index (κ1) is 57.6. The van der Waals surface area contributed by atoms with Gasteiger partial charge in [0.25, 0.3) is 0 Å². The van der Waals surface area contributed by atoms with Crippen LogP contribution in [0, 0.1) is 0 Å². The maximum Gasteiger partial charge on any atom is 0.335 e. The summed E-state index contributed by atoms with van der Waals surface area (Å²) in [5, 5.41) is 19.3. The van der Waals surface area contributed by atoms with Crippen LogP contribution in [0.2, 0.25) is 0 Å². The number of carboxylic acid groups (broad SMARTS) is 2. The molecule has 0 aliphatic rings. The quantitative estimate of drug-likeness (QED) is 0.0504. The SMILES string of the molecule is CCCCCCCCCCCCCCOc1cc(/C=C/c2cc(C(=O)O)cc(C(=O)O)c2)cc(OCCCCCCCCCCCCCC)c1OCCCCCCCCCCCCCC. The summed E-state index contributed by atoms with van der Waals surface area (Å²) < 4.78 is 19.7. The fourth-order valence-electron chi connectivity index (χ4n) is 8.60. The standard InChI is InChI=1S/C58H96O7/c1-4-7-10-13-16-19-22-25-28-31-34-37-42-63-54-47-51(41-40-50-45-52(57(59)60)49-53(46-50)58(61)62)48-55(64-43-38-35-32-29-26-23-20-17-14-11-8-5-2)56(54)65-44-39-36-33-30-27-24-21-18-15-12-9-6-3/h40-41,45-49H,4-39,42-44H2,1-3H3,(H,59,60)(H,61,62)/b41-40+. The molecule has 65 heavy (non-hydrogen) atoms. The van der Waals surface area contributed by atoms with Crippen LogP contribution in [0.1, 0.15) is 284 Å². The number of ether oxygens (including phenoxy) is 3. The third kappa shape index (κ3) is 30.4. The second-order valence-electron chi connectivity index (χ2n) is 18.8. The van der Waals surface area contributed by atoms with E-state index in [4.69, 9.17) is 14.2 Å². The molecule has 0 aliphatic carbocycles. The van der Waals surface area contributed by atoms with Crippen LogP contribution in [0.25, 0.3) is 12.2 Å². The molecule has 2 rings (SSSR count). The van der Waals surface area contributed by atoms with E-state index in [0.29, 0.717) is 42.6 Å². The van der Waals surface area contributed by atoms with Crippen LogP contribution in [0.3, 0.4) is 0 Å². The molecule has 0 radical (unpaired) electrons. The van der Waals surface area contributed by atoms with Gasteiger partial charge in [0, 0.05) is 0 Å². The first-order valence-corrected chi connectivity index (χ1v) is 27.3. The molecule has 2 aromatic carbocycles. The number of carbonyl (C=O) groups is 2. The summed E-state index contributed by atoms with van der Waals surface area (Å²) in [5.41, 5.74) is 1.18. The Labute approximate surface area is 398 Å². The molecule has 2 N–H and O–H groups in total. The topological polar surface area (TPSA) is 102 Å². The molecule has 0 aromatic heterocycles. The predicted molar refractivity (Wildman–Crippen MR) is 275 cm³/mol. The highest BCUT2D eigenvalue weighted by atomic mass is 16.5. The summed E-state index contributed by atoms with van der Waals surface area (Å²) in [7, 11) is 0. The van der Waals surface area contributed by atoms with Crippen LogP contribution in [-0.4, -0.2) is 42.0 Å². The van der Waals surface area contributed by atoms with E-state index in [1.165, 1.54) is 211 Å². The third-order valence-corrected chi connectivity index (χ3v) is 12.7. The van der Waals surface area contributed by atoms with E-state index in [9.17, 15) is 19.8 Å². The number of benzene rings is 2. The Bertz CT molecular complexity index is 1420. The molecule has 0 atom stereocenters. The van der Waals surface area contributed by atoms with Crippen molar-refractivity contribution in [2.75, 3.05) is 19.8 Å². The minimum atomic E-state index is -1.17. The monoisotopic (exact) mass is 905 g/mol. The van der Waals surface area contributed by atoms with Crippen molar-refractivity contribution in [3.05, 3.63) is 52.6 Å². The molecule has 0 heterocycles. The first-order chi connectivity index (χ1) is 31.9. The average molecular weight is 905 g/mol. The van der Waals surface area contributed by atoms with Crippen LogP contribution in [-0.2, 0) is 0 Å². The zero-order valence-electron chi connectivity index (χ0n) is 42.1. The minimum Gasteiger partial charge on any atom is -0.490 e. The third-order valence-electron chi connectivity index (χ3n) is 12.7. The van der Waals surface area contributed by atoms with Gasteiger partial charge in [-0.3, -0.25) is 0 Å². The summed E-state index contributed by atoms with van der Waals surface area (Å²) in [6.07, 6.45) is 49.8. The van der Waals surface area contributed by atoms with Crippen molar-refractivity contribution >= 4 is 24.1 Å². The Morgan fingerprint density at radius 1 is 0.354 bits per heavy atom. The smallest absolute Gasteiger partial charge is 0.335 e. The molecule has 0 spiro atoms. The van der Waals surface area contributed by atoms with Gasteiger partial charge in [0.1, 0.15) is 0 Å². The lowest BCUT2D eigenvalue weighted by Gasteiger charge is -2.18. The van der Waals surface area contributed by atoms with Crippen molar-refractivity contribution in [3.63, 3.8) is 0 Å². The van der Waals surface area contributed by atoms with E-state index in [2.05, 4.69) is 20.8 Å². The lowest BCUT2D eigenvalue weighted by atomic mass is 10.0. The molecule has 0 saturated heterocycles. The summed E-state index contributed by atoms with van der Waals surface area (Å²) in [5.74, 6) is -0.364. The number of unbranched alkanes of at least 4 members (excludes halogenated alkanes) is 33. The van der Waals surface area contributed by atoms with Gasteiger partial charge >= 0.3 is 11.9 Å². The molecule has 370 valence electrons. The Hall–Kier alpha value is -3.48. The van der Waals surface area contributed by atoms with Gasteiger partial charge in [0.05, 0.1) is 30.9 Å². The van der Waals surface area contributed by atoms with Crippen molar-refractivity contribution < 1.29 is 34.0 Å². The van der Waals surface area contributed by atoms with Crippen molar-refractivity contribution in [3.8, 4) is 17.2 Å². The lowest BCUT2D eigenvalue weighted by Crippen LogP contribution is -2.07. The molecule has 0 unspecified atom stereocenters. The lowest BCUT2D eigenvalue weighted by molar-refractivity contribution is 0.0696. The zero-order chi connectivity index (χ0) is 46.8. The molecule has 0 bridgehead atoms. The second kappa shape index (κ2) is 40.8. The normalized spacial score (nSPS) is 11.4. The largest absolute Gasteiger partial charge is 0.490 e. The number of aromatic carboxylic acids is 2. The van der Waals surface area contributed by atoms with Gasteiger partial charge in [-0.05, 0) is 60.7 Å². The first-order valence-electron chi connectivity index (χ1n) is 27.3.